The minimum Gasteiger partial charge on any atom is -0.448 e. The molecule has 0 amide bonds. The van der Waals surface area contributed by atoms with Crippen LogP contribution in [0, 0.1) is 0 Å². The molecule has 0 saturated carbocycles. The fourth-order valence-electron chi connectivity index (χ4n) is 1.46. The van der Waals surface area contributed by atoms with Crippen LogP contribution in [0.1, 0.15) is 40.5 Å². The molecule has 0 bridgehead atoms. The normalized spacial score (nSPS) is 13.8. The number of hydrogen-bond donors (Lipinski definition) is 0. The zero-order chi connectivity index (χ0) is 15.8. The van der Waals surface area contributed by atoms with Crippen molar-refractivity contribution in [2.45, 2.75) is 58.6 Å². The second kappa shape index (κ2) is 10.2. The standard InChI is InChI=1S/C12H23BrClO5P/c1-9(2)18-20(16,19-10(3)4)12(6-5-7-13)17-11(15)8-14/h9-10,12H,5-8H2,1-4H3/t12-/m1/s1. The summed E-state index contributed by atoms with van der Waals surface area (Å²) in [4.78, 5) is 11.4. The summed E-state index contributed by atoms with van der Waals surface area (Å²) in [6.45, 7) is 7.00. The van der Waals surface area contributed by atoms with Crippen molar-refractivity contribution in [3.8, 4) is 0 Å². The van der Waals surface area contributed by atoms with Gasteiger partial charge in [0, 0.05) is 5.33 Å². The minimum absolute atomic E-state index is 0.297. The molecule has 0 aliphatic carbocycles. The van der Waals surface area contributed by atoms with Gasteiger partial charge in [-0.1, -0.05) is 15.9 Å². The van der Waals surface area contributed by atoms with E-state index in [-0.39, 0.29) is 18.1 Å². The molecule has 0 heterocycles. The third-order valence-electron chi connectivity index (χ3n) is 2.03. The first-order valence-corrected chi connectivity index (χ1v) is 9.79. The highest BCUT2D eigenvalue weighted by atomic mass is 79.9. The molecule has 0 aliphatic rings. The lowest BCUT2D eigenvalue weighted by Gasteiger charge is -2.29. The van der Waals surface area contributed by atoms with Crippen molar-refractivity contribution in [2.75, 3.05) is 11.2 Å². The first-order valence-electron chi connectivity index (χ1n) is 6.53. The Morgan fingerprint density at radius 2 is 1.70 bits per heavy atom. The first kappa shape index (κ1) is 20.4. The average molecular weight is 394 g/mol. The molecular weight excluding hydrogens is 370 g/mol. The van der Waals surface area contributed by atoms with Gasteiger partial charge in [-0.25, -0.2) is 0 Å². The van der Waals surface area contributed by atoms with Gasteiger partial charge in [-0.3, -0.25) is 9.36 Å². The maximum absolute atomic E-state index is 12.9. The molecule has 0 N–H and O–H groups in total. The van der Waals surface area contributed by atoms with Gasteiger partial charge in [0.15, 0.2) is 0 Å². The Kier molecular flexibility index (Phi) is 10.4. The summed E-state index contributed by atoms with van der Waals surface area (Å²) in [6, 6.07) is 0. The topological polar surface area (TPSA) is 61.8 Å². The van der Waals surface area contributed by atoms with Crippen molar-refractivity contribution in [1.29, 1.82) is 0 Å². The molecule has 0 unspecified atom stereocenters. The number of ether oxygens (including phenoxy) is 1. The van der Waals surface area contributed by atoms with Crippen LogP contribution in [0.25, 0.3) is 0 Å². The lowest BCUT2D eigenvalue weighted by atomic mass is 10.3. The molecule has 0 spiro atoms. The zero-order valence-corrected chi connectivity index (χ0v) is 15.5. The molecule has 0 saturated heterocycles. The Hall–Kier alpha value is 0.390. The highest BCUT2D eigenvalue weighted by Crippen LogP contribution is 2.57. The minimum atomic E-state index is -3.56. The monoisotopic (exact) mass is 392 g/mol. The fourth-order valence-corrected chi connectivity index (χ4v) is 4.09. The first-order chi connectivity index (χ1) is 9.25. The summed E-state index contributed by atoms with van der Waals surface area (Å²) >= 11 is 8.73. The maximum Gasteiger partial charge on any atom is 0.371 e. The van der Waals surface area contributed by atoms with Gasteiger partial charge in [0.25, 0.3) is 0 Å². The van der Waals surface area contributed by atoms with E-state index in [1.165, 1.54) is 0 Å². The van der Waals surface area contributed by atoms with Gasteiger partial charge in [0.1, 0.15) is 5.88 Å². The van der Waals surface area contributed by atoms with Crippen molar-refractivity contribution in [3.63, 3.8) is 0 Å². The van der Waals surface area contributed by atoms with E-state index in [9.17, 15) is 9.36 Å². The molecular formula is C12H23BrClO5P. The second-order valence-electron chi connectivity index (χ2n) is 4.76. The predicted octanol–water partition coefficient (Wildman–Crippen LogP) is 4.31. The van der Waals surface area contributed by atoms with E-state index in [1.54, 1.807) is 27.7 Å². The van der Waals surface area contributed by atoms with Crippen LogP contribution in [0.15, 0.2) is 0 Å². The lowest BCUT2D eigenvalue weighted by molar-refractivity contribution is -0.143. The molecule has 8 heteroatoms. The molecule has 120 valence electrons. The van der Waals surface area contributed by atoms with Gasteiger partial charge >= 0.3 is 13.6 Å². The van der Waals surface area contributed by atoms with Gasteiger partial charge in [0.2, 0.25) is 5.85 Å². The maximum atomic E-state index is 12.9. The Balaban J connectivity index is 5.14. The van der Waals surface area contributed by atoms with Crippen molar-refractivity contribution in [3.05, 3.63) is 0 Å². The molecule has 20 heavy (non-hydrogen) atoms. The fraction of sp³-hybridized carbons (Fsp3) is 0.917. The molecule has 0 aromatic heterocycles. The third kappa shape index (κ3) is 7.99. The SMILES string of the molecule is CC(C)OP(=O)(OC(C)C)[C@H](CCCBr)OC(=O)CCl. The second-order valence-corrected chi connectivity index (χ2v) is 7.90. The smallest absolute Gasteiger partial charge is 0.371 e. The van der Waals surface area contributed by atoms with Crippen LogP contribution in [0.3, 0.4) is 0 Å². The van der Waals surface area contributed by atoms with Crippen LogP contribution < -0.4 is 0 Å². The van der Waals surface area contributed by atoms with Crippen LogP contribution in [0.2, 0.25) is 0 Å². The van der Waals surface area contributed by atoms with Gasteiger partial charge in [-0.05, 0) is 40.5 Å². The Morgan fingerprint density at radius 3 is 2.05 bits per heavy atom. The van der Waals surface area contributed by atoms with E-state index in [2.05, 4.69) is 15.9 Å². The number of esters is 1. The summed E-state index contributed by atoms with van der Waals surface area (Å²) < 4.78 is 29.0. The molecule has 1 atom stereocenters. The van der Waals surface area contributed by atoms with Crippen molar-refractivity contribution < 1.29 is 23.1 Å². The van der Waals surface area contributed by atoms with E-state index in [0.29, 0.717) is 18.2 Å². The molecule has 0 aromatic rings. The molecule has 5 nitrogen and oxygen atoms in total. The summed E-state index contributed by atoms with van der Waals surface area (Å²) in [5.41, 5.74) is 0. The van der Waals surface area contributed by atoms with Crippen LogP contribution in [-0.4, -0.2) is 35.2 Å². The molecule has 0 radical (unpaired) electrons. The average Bonchev–Trinajstić information content (AvgIpc) is 2.31. The molecule has 0 fully saturated rings. The van der Waals surface area contributed by atoms with E-state index in [0.717, 1.165) is 0 Å². The van der Waals surface area contributed by atoms with Gasteiger partial charge in [0.05, 0.1) is 12.2 Å². The number of hydrogen-bond acceptors (Lipinski definition) is 5. The Labute approximate surface area is 134 Å². The number of carbonyl (C=O) groups is 1. The summed E-state index contributed by atoms with van der Waals surface area (Å²) in [6.07, 6.45) is 0.444. The summed E-state index contributed by atoms with van der Waals surface area (Å²) in [7, 11) is -3.56. The highest BCUT2D eigenvalue weighted by Gasteiger charge is 2.40. The van der Waals surface area contributed by atoms with E-state index >= 15 is 0 Å². The van der Waals surface area contributed by atoms with Crippen molar-refractivity contribution in [2.24, 2.45) is 0 Å². The zero-order valence-electron chi connectivity index (χ0n) is 12.3. The lowest BCUT2D eigenvalue weighted by Crippen LogP contribution is -2.24. The highest BCUT2D eigenvalue weighted by molar-refractivity contribution is 9.09. The van der Waals surface area contributed by atoms with Gasteiger partial charge in [-0.2, -0.15) is 0 Å². The Morgan fingerprint density at radius 1 is 1.20 bits per heavy atom. The van der Waals surface area contributed by atoms with Gasteiger partial charge < -0.3 is 13.8 Å². The number of rotatable bonds is 10. The van der Waals surface area contributed by atoms with Crippen molar-refractivity contribution >= 4 is 41.1 Å². The van der Waals surface area contributed by atoms with E-state index < -0.39 is 19.4 Å². The predicted molar refractivity (Wildman–Crippen MR) is 83.7 cm³/mol. The number of alkyl halides is 2. The van der Waals surface area contributed by atoms with Crippen LogP contribution in [0.4, 0.5) is 0 Å². The Bertz CT molecular complexity index is 324. The molecule has 0 aromatic carbocycles. The van der Waals surface area contributed by atoms with Crippen molar-refractivity contribution in [1.82, 2.24) is 0 Å². The van der Waals surface area contributed by atoms with Crippen LogP contribution >= 0.6 is 35.1 Å². The quantitative estimate of drug-likeness (QED) is 0.314. The van der Waals surface area contributed by atoms with Crippen LogP contribution in [-0.2, 0) is 23.1 Å². The third-order valence-corrected chi connectivity index (χ3v) is 5.31. The largest absolute Gasteiger partial charge is 0.448 e. The van der Waals surface area contributed by atoms with E-state index in [4.69, 9.17) is 25.4 Å². The number of carbonyl (C=O) groups excluding carboxylic acids is 1. The van der Waals surface area contributed by atoms with Gasteiger partial charge in [-0.15, -0.1) is 11.6 Å². The molecule has 0 aliphatic heterocycles. The van der Waals surface area contributed by atoms with Crippen LogP contribution in [0.5, 0.6) is 0 Å². The number of halogens is 2. The van der Waals surface area contributed by atoms with E-state index in [1.807, 2.05) is 0 Å². The molecule has 0 rings (SSSR count). The summed E-state index contributed by atoms with van der Waals surface area (Å²) in [5, 5.41) is 0.700. The summed E-state index contributed by atoms with van der Waals surface area (Å²) in [5.74, 6) is -1.86.